The summed E-state index contributed by atoms with van der Waals surface area (Å²) in [6, 6.07) is 5.03. The van der Waals surface area contributed by atoms with Crippen molar-refractivity contribution in [2.75, 3.05) is 6.54 Å². The third-order valence-electron chi connectivity index (χ3n) is 2.13. The molecule has 0 aliphatic heterocycles. The zero-order valence-electron chi connectivity index (χ0n) is 9.31. The van der Waals surface area contributed by atoms with Gasteiger partial charge in [0.1, 0.15) is 5.82 Å². The Morgan fingerprint density at radius 1 is 1.41 bits per heavy atom. The Morgan fingerprint density at radius 2 is 2.24 bits per heavy atom. The lowest BCUT2D eigenvalue weighted by molar-refractivity contribution is 0.429. The van der Waals surface area contributed by atoms with E-state index in [1.807, 2.05) is 6.07 Å². The molecule has 2 rings (SSSR count). The van der Waals surface area contributed by atoms with Gasteiger partial charge in [-0.25, -0.2) is 4.39 Å². The van der Waals surface area contributed by atoms with E-state index >= 15 is 0 Å². The maximum Gasteiger partial charge on any atom is 0.281 e. The average Bonchev–Trinajstić information content (AvgIpc) is 2.69. The number of aromatic nitrogens is 2. The highest BCUT2D eigenvalue weighted by Crippen LogP contribution is 2.29. The number of nitrogens with zero attached hydrogens (tertiary/aromatic N) is 2. The number of hydrogen-bond acceptors (Lipinski definition) is 5. The van der Waals surface area contributed by atoms with Crippen LogP contribution in [0.3, 0.4) is 0 Å². The summed E-state index contributed by atoms with van der Waals surface area (Å²) in [6.45, 7) is 2.20. The van der Waals surface area contributed by atoms with Crippen LogP contribution in [0.4, 0.5) is 4.39 Å². The van der Waals surface area contributed by atoms with Crippen molar-refractivity contribution in [3.05, 3.63) is 35.5 Å². The topological polar surface area (TPSA) is 64.9 Å². The molecule has 1 aromatic carbocycles. The Kier molecular flexibility index (Phi) is 3.75. The summed E-state index contributed by atoms with van der Waals surface area (Å²) in [4.78, 5) is 0.467. The van der Waals surface area contributed by atoms with Gasteiger partial charge in [0, 0.05) is 6.92 Å². The third-order valence-corrected chi connectivity index (χ3v) is 3.02. The van der Waals surface area contributed by atoms with Gasteiger partial charge in [-0.3, -0.25) is 0 Å². The van der Waals surface area contributed by atoms with Crippen LogP contribution in [0.5, 0.6) is 0 Å². The fourth-order valence-electron chi connectivity index (χ4n) is 1.36. The highest BCUT2D eigenvalue weighted by Gasteiger charge is 2.09. The Balaban J connectivity index is 2.16. The first kappa shape index (κ1) is 12.1. The third kappa shape index (κ3) is 3.04. The second-order valence-electron chi connectivity index (χ2n) is 3.49. The number of rotatable bonds is 4. The average molecular weight is 253 g/mol. The van der Waals surface area contributed by atoms with Crippen LogP contribution in [-0.2, 0) is 6.42 Å². The van der Waals surface area contributed by atoms with E-state index in [2.05, 4.69) is 10.2 Å². The van der Waals surface area contributed by atoms with Crippen LogP contribution in [0.1, 0.15) is 11.5 Å². The minimum absolute atomic E-state index is 0.295. The van der Waals surface area contributed by atoms with E-state index in [9.17, 15) is 4.39 Å². The smallest absolute Gasteiger partial charge is 0.281 e. The molecule has 0 saturated carbocycles. The lowest BCUT2D eigenvalue weighted by Gasteiger charge is -2.02. The van der Waals surface area contributed by atoms with E-state index in [1.54, 1.807) is 13.0 Å². The lowest BCUT2D eigenvalue weighted by atomic mass is 10.1. The Morgan fingerprint density at radius 3 is 2.82 bits per heavy atom. The Bertz CT molecular complexity index is 515. The van der Waals surface area contributed by atoms with Gasteiger partial charge < -0.3 is 10.2 Å². The number of nitrogens with two attached hydrogens (primary N) is 1. The van der Waals surface area contributed by atoms with E-state index in [0.29, 0.717) is 29.0 Å². The van der Waals surface area contributed by atoms with E-state index < -0.39 is 0 Å². The van der Waals surface area contributed by atoms with Gasteiger partial charge in [-0.15, -0.1) is 10.2 Å². The van der Waals surface area contributed by atoms with E-state index in [4.69, 9.17) is 10.2 Å². The zero-order chi connectivity index (χ0) is 12.3. The summed E-state index contributed by atoms with van der Waals surface area (Å²) in [5.74, 6) is 0.171. The zero-order valence-corrected chi connectivity index (χ0v) is 10.1. The Hall–Kier alpha value is -1.40. The molecule has 6 heteroatoms. The molecule has 17 heavy (non-hydrogen) atoms. The van der Waals surface area contributed by atoms with Gasteiger partial charge in [0.05, 0.1) is 4.90 Å². The summed E-state index contributed by atoms with van der Waals surface area (Å²) >= 11 is 1.12. The van der Waals surface area contributed by atoms with Crippen molar-refractivity contribution >= 4 is 11.8 Å². The monoisotopic (exact) mass is 253 g/mol. The molecule has 4 nitrogen and oxygen atoms in total. The van der Waals surface area contributed by atoms with Gasteiger partial charge in [0.2, 0.25) is 5.89 Å². The first-order valence-corrected chi connectivity index (χ1v) is 5.97. The molecular weight excluding hydrogens is 241 g/mol. The van der Waals surface area contributed by atoms with E-state index in [0.717, 1.165) is 17.3 Å². The lowest BCUT2D eigenvalue weighted by Crippen LogP contribution is -2.02. The molecule has 0 atom stereocenters. The van der Waals surface area contributed by atoms with Crippen molar-refractivity contribution in [1.29, 1.82) is 0 Å². The SMILES string of the molecule is Cc1nnc(Sc2ccc(CCN)cc2F)o1. The number of halogens is 1. The molecule has 0 bridgehead atoms. The van der Waals surface area contributed by atoms with Crippen LogP contribution in [0.25, 0.3) is 0 Å². The molecule has 0 aliphatic rings. The van der Waals surface area contributed by atoms with Crippen LogP contribution >= 0.6 is 11.8 Å². The van der Waals surface area contributed by atoms with Gasteiger partial charge in [-0.1, -0.05) is 6.07 Å². The van der Waals surface area contributed by atoms with Crippen molar-refractivity contribution in [2.24, 2.45) is 5.73 Å². The molecule has 1 aromatic heterocycles. The summed E-state index contributed by atoms with van der Waals surface area (Å²) in [5, 5.41) is 7.82. The van der Waals surface area contributed by atoms with Gasteiger partial charge in [-0.05, 0) is 42.4 Å². The molecule has 90 valence electrons. The second kappa shape index (κ2) is 5.29. The quantitative estimate of drug-likeness (QED) is 0.904. The summed E-state index contributed by atoms with van der Waals surface area (Å²) in [5.41, 5.74) is 6.30. The summed E-state index contributed by atoms with van der Waals surface area (Å²) < 4.78 is 18.9. The maximum atomic E-state index is 13.7. The molecule has 0 radical (unpaired) electrons. The molecular formula is C11H12FN3OS. The summed E-state index contributed by atoms with van der Waals surface area (Å²) in [7, 11) is 0. The standard InChI is InChI=1S/C11H12FN3OS/c1-7-14-15-11(16-7)17-10-3-2-8(4-5-13)6-9(10)12/h2-3,6H,4-5,13H2,1H3. The first-order chi connectivity index (χ1) is 8.19. The van der Waals surface area contributed by atoms with Crippen LogP contribution < -0.4 is 5.73 Å². The van der Waals surface area contributed by atoms with Crippen molar-refractivity contribution in [2.45, 2.75) is 23.5 Å². The van der Waals surface area contributed by atoms with Crippen molar-refractivity contribution in [1.82, 2.24) is 10.2 Å². The molecule has 0 saturated heterocycles. The van der Waals surface area contributed by atoms with Crippen molar-refractivity contribution < 1.29 is 8.81 Å². The number of aryl methyl sites for hydroxylation is 1. The van der Waals surface area contributed by atoms with Gasteiger partial charge >= 0.3 is 0 Å². The largest absolute Gasteiger partial charge is 0.416 e. The molecule has 2 aromatic rings. The molecule has 0 fully saturated rings. The van der Waals surface area contributed by atoms with Gasteiger partial charge in [0.15, 0.2) is 0 Å². The highest BCUT2D eigenvalue weighted by atomic mass is 32.2. The minimum atomic E-state index is -0.295. The van der Waals surface area contributed by atoms with E-state index in [-0.39, 0.29) is 5.82 Å². The molecule has 0 unspecified atom stereocenters. The Labute approximate surface area is 102 Å². The maximum absolute atomic E-state index is 13.7. The van der Waals surface area contributed by atoms with Crippen molar-refractivity contribution in [3.63, 3.8) is 0 Å². The minimum Gasteiger partial charge on any atom is -0.416 e. The van der Waals surface area contributed by atoms with Gasteiger partial charge in [-0.2, -0.15) is 0 Å². The molecule has 0 amide bonds. The fourth-order valence-corrected chi connectivity index (χ4v) is 2.09. The fraction of sp³-hybridized carbons (Fsp3) is 0.273. The van der Waals surface area contributed by atoms with E-state index in [1.165, 1.54) is 6.07 Å². The van der Waals surface area contributed by atoms with Crippen LogP contribution in [0.15, 0.2) is 32.7 Å². The molecule has 0 spiro atoms. The van der Waals surface area contributed by atoms with Gasteiger partial charge in [0.25, 0.3) is 5.22 Å². The predicted octanol–water partition coefficient (Wildman–Crippen LogP) is 2.17. The van der Waals surface area contributed by atoms with Crippen LogP contribution in [0.2, 0.25) is 0 Å². The second-order valence-corrected chi connectivity index (χ2v) is 4.49. The number of hydrogen-bond donors (Lipinski definition) is 1. The first-order valence-electron chi connectivity index (χ1n) is 5.15. The van der Waals surface area contributed by atoms with Crippen LogP contribution in [0, 0.1) is 12.7 Å². The normalized spacial score (nSPS) is 10.8. The van der Waals surface area contributed by atoms with Crippen LogP contribution in [-0.4, -0.2) is 16.7 Å². The molecule has 0 aliphatic carbocycles. The predicted molar refractivity (Wildman–Crippen MR) is 62.3 cm³/mol. The summed E-state index contributed by atoms with van der Waals surface area (Å²) in [6.07, 6.45) is 0.668. The molecule has 2 N–H and O–H groups in total. The highest BCUT2D eigenvalue weighted by molar-refractivity contribution is 7.99. The molecule has 1 heterocycles. The van der Waals surface area contributed by atoms with Crippen molar-refractivity contribution in [3.8, 4) is 0 Å². The number of benzene rings is 1.